The number of halogens is 1. The summed E-state index contributed by atoms with van der Waals surface area (Å²) in [4.78, 5) is 16.2. The average Bonchev–Trinajstić information content (AvgIpc) is 2.89. The van der Waals surface area contributed by atoms with E-state index in [1.165, 1.54) is 23.5 Å². The number of fused-ring (bicyclic) bond motifs is 1. The molecule has 4 nitrogen and oxygen atoms in total. The van der Waals surface area contributed by atoms with Crippen molar-refractivity contribution in [3.8, 4) is 10.6 Å². The van der Waals surface area contributed by atoms with Crippen molar-refractivity contribution in [2.75, 3.05) is 0 Å². The summed E-state index contributed by atoms with van der Waals surface area (Å²) in [6.07, 6.45) is 0. The highest BCUT2D eigenvalue weighted by Gasteiger charge is 2.14. The first-order valence-corrected chi connectivity index (χ1v) is 6.67. The Morgan fingerprint density at radius 2 is 2.05 bits per heavy atom. The topological polar surface area (TPSA) is 68.0 Å². The van der Waals surface area contributed by atoms with Crippen LogP contribution in [-0.4, -0.2) is 10.9 Å². The highest BCUT2D eigenvalue weighted by Crippen LogP contribution is 2.32. The summed E-state index contributed by atoms with van der Waals surface area (Å²) in [5.74, 6) is 4.49. The van der Waals surface area contributed by atoms with Gasteiger partial charge in [0.25, 0.3) is 5.91 Å². The SMILES string of the molecule is NNC(=O)c1ccccc1-c1nc2ccc(F)cc2s1. The Morgan fingerprint density at radius 3 is 2.85 bits per heavy atom. The van der Waals surface area contributed by atoms with Gasteiger partial charge in [-0.3, -0.25) is 10.2 Å². The van der Waals surface area contributed by atoms with Crippen LogP contribution in [0.3, 0.4) is 0 Å². The van der Waals surface area contributed by atoms with E-state index in [0.717, 1.165) is 4.70 Å². The minimum atomic E-state index is -0.383. The maximum atomic E-state index is 13.2. The molecule has 0 aliphatic rings. The standard InChI is InChI=1S/C14H10FN3OS/c15-8-5-6-11-12(7-8)20-14(17-11)10-4-2-1-3-9(10)13(19)18-16/h1-7H,16H2,(H,18,19). The van der Waals surface area contributed by atoms with E-state index in [1.807, 2.05) is 6.07 Å². The van der Waals surface area contributed by atoms with Gasteiger partial charge in [0, 0.05) is 5.56 Å². The van der Waals surface area contributed by atoms with Gasteiger partial charge in [-0.25, -0.2) is 15.2 Å². The number of carbonyl (C=O) groups is 1. The smallest absolute Gasteiger partial charge is 0.265 e. The lowest BCUT2D eigenvalue weighted by Crippen LogP contribution is -2.30. The molecule has 2 aromatic carbocycles. The molecule has 3 N–H and O–H groups in total. The van der Waals surface area contributed by atoms with E-state index >= 15 is 0 Å². The van der Waals surface area contributed by atoms with Crippen molar-refractivity contribution < 1.29 is 9.18 Å². The monoisotopic (exact) mass is 287 g/mol. The number of carbonyl (C=O) groups excluding carboxylic acids is 1. The summed E-state index contributed by atoms with van der Waals surface area (Å²) in [5.41, 5.74) is 3.93. The molecular weight excluding hydrogens is 277 g/mol. The second kappa shape index (κ2) is 4.99. The Bertz CT molecular complexity index is 800. The molecule has 100 valence electrons. The van der Waals surface area contributed by atoms with E-state index < -0.39 is 0 Å². The van der Waals surface area contributed by atoms with Crippen LogP contribution in [0.5, 0.6) is 0 Å². The number of hydrogen-bond donors (Lipinski definition) is 2. The third-order valence-electron chi connectivity index (χ3n) is 2.88. The lowest BCUT2D eigenvalue weighted by Gasteiger charge is -2.04. The van der Waals surface area contributed by atoms with E-state index in [4.69, 9.17) is 5.84 Å². The summed E-state index contributed by atoms with van der Waals surface area (Å²) in [6, 6.07) is 11.4. The molecule has 0 saturated carbocycles. The number of nitrogens with one attached hydrogen (secondary N) is 1. The summed E-state index contributed by atoms with van der Waals surface area (Å²) in [6.45, 7) is 0. The van der Waals surface area contributed by atoms with Crippen LogP contribution in [-0.2, 0) is 0 Å². The molecule has 0 aliphatic heterocycles. The van der Waals surface area contributed by atoms with E-state index in [1.54, 1.807) is 24.3 Å². The molecule has 0 unspecified atom stereocenters. The zero-order valence-electron chi connectivity index (χ0n) is 10.3. The Labute approximate surface area is 118 Å². The van der Waals surface area contributed by atoms with E-state index in [0.29, 0.717) is 21.7 Å². The van der Waals surface area contributed by atoms with Gasteiger partial charge in [0.05, 0.1) is 15.8 Å². The molecule has 1 aromatic heterocycles. The number of nitrogen functional groups attached to an aromatic ring is 1. The molecule has 6 heteroatoms. The predicted molar refractivity (Wildman–Crippen MR) is 76.7 cm³/mol. The summed E-state index contributed by atoms with van der Waals surface area (Å²) < 4.78 is 13.9. The van der Waals surface area contributed by atoms with Gasteiger partial charge >= 0.3 is 0 Å². The quantitative estimate of drug-likeness (QED) is 0.432. The first-order valence-electron chi connectivity index (χ1n) is 5.85. The number of amides is 1. The van der Waals surface area contributed by atoms with Gasteiger partial charge in [0.15, 0.2) is 0 Å². The fourth-order valence-corrected chi connectivity index (χ4v) is 2.99. The molecule has 1 amide bonds. The molecule has 0 aliphatic carbocycles. The highest BCUT2D eigenvalue weighted by atomic mass is 32.1. The minimum Gasteiger partial charge on any atom is -0.290 e. The second-order valence-corrected chi connectivity index (χ2v) is 5.18. The largest absolute Gasteiger partial charge is 0.290 e. The van der Waals surface area contributed by atoms with Crippen LogP contribution in [0.2, 0.25) is 0 Å². The van der Waals surface area contributed by atoms with Crippen LogP contribution in [0.15, 0.2) is 42.5 Å². The summed E-state index contributed by atoms with van der Waals surface area (Å²) in [5, 5.41) is 0.657. The van der Waals surface area contributed by atoms with Crippen molar-refractivity contribution in [1.29, 1.82) is 0 Å². The fraction of sp³-hybridized carbons (Fsp3) is 0. The van der Waals surface area contributed by atoms with Gasteiger partial charge in [-0.15, -0.1) is 11.3 Å². The molecule has 20 heavy (non-hydrogen) atoms. The van der Waals surface area contributed by atoms with E-state index in [2.05, 4.69) is 10.4 Å². The Morgan fingerprint density at radius 1 is 1.25 bits per heavy atom. The summed E-state index contributed by atoms with van der Waals surface area (Å²) in [7, 11) is 0. The van der Waals surface area contributed by atoms with E-state index in [9.17, 15) is 9.18 Å². The van der Waals surface area contributed by atoms with Gasteiger partial charge in [0.1, 0.15) is 10.8 Å². The Balaban J connectivity index is 2.18. The lowest BCUT2D eigenvalue weighted by atomic mass is 10.1. The van der Waals surface area contributed by atoms with Crippen molar-refractivity contribution in [1.82, 2.24) is 10.4 Å². The number of thiazole rings is 1. The first-order chi connectivity index (χ1) is 9.69. The van der Waals surface area contributed by atoms with Crippen LogP contribution in [0, 0.1) is 5.82 Å². The molecule has 1 heterocycles. The molecule has 0 fully saturated rings. The second-order valence-electron chi connectivity index (χ2n) is 4.15. The zero-order valence-corrected chi connectivity index (χ0v) is 11.1. The Kier molecular flexibility index (Phi) is 3.17. The average molecular weight is 287 g/mol. The van der Waals surface area contributed by atoms with Crippen LogP contribution in [0.25, 0.3) is 20.8 Å². The summed E-state index contributed by atoms with van der Waals surface area (Å²) >= 11 is 1.33. The third-order valence-corrected chi connectivity index (χ3v) is 3.94. The molecule has 0 bridgehead atoms. The lowest BCUT2D eigenvalue weighted by molar-refractivity contribution is 0.0954. The fourth-order valence-electron chi connectivity index (χ4n) is 1.96. The molecule has 0 atom stereocenters. The van der Waals surface area contributed by atoms with Crippen molar-refractivity contribution >= 4 is 27.5 Å². The van der Waals surface area contributed by atoms with Crippen LogP contribution in [0.4, 0.5) is 4.39 Å². The van der Waals surface area contributed by atoms with Gasteiger partial charge in [0.2, 0.25) is 0 Å². The van der Waals surface area contributed by atoms with Crippen molar-refractivity contribution in [3.63, 3.8) is 0 Å². The van der Waals surface area contributed by atoms with Gasteiger partial charge in [-0.05, 0) is 24.3 Å². The molecule has 0 spiro atoms. The number of nitrogens with zero attached hydrogens (tertiary/aromatic N) is 1. The van der Waals surface area contributed by atoms with Crippen molar-refractivity contribution in [3.05, 3.63) is 53.8 Å². The molecular formula is C14H10FN3OS. The number of rotatable bonds is 2. The number of hydrogen-bond acceptors (Lipinski definition) is 4. The minimum absolute atomic E-state index is 0.305. The molecule has 0 radical (unpaired) electrons. The van der Waals surface area contributed by atoms with E-state index in [-0.39, 0.29) is 11.7 Å². The molecule has 3 aromatic rings. The van der Waals surface area contributed by atoms with Gasteiger partial charge in [-0.2, -0.15) is 0 Å². The number of nitrogens with two attached hydrogens (primary N) is 1. The van der Waals surface area contributed by atoms with Crippen molar-refractivity contribution in [2.45, 2.75) is 0 Å². The third kappa shape index (κ3) is 2.15. The number of benzene rings is 2. The maximum Gasteiger partial charge on any atom is 0.265 e. The zero-order chi connectivity index (χ0) is 14.1. The van der Waals surface area contributed by atoms with Gasteiger partial charge < -0.3 is 0 Å². The maximum absolute atomic E-state index is 13.2. The predicted octanol–water partition coefficient (Wildman–Crippen LogP) is 2.71. The van der Waals surface area contributed by atoms with Crippen molar-refractivity contribution in [2.24, 2.45) is 5.84 Å². The number of hydrazine groups is 1. The normalized spacial score (nSPS) is 10.7. The Hall–Kier alpha value is -2.31. The van der Waals surface area contributed by atoms with Crippen LogP contribution < -0.4 is 11.3 Å². The first kappa shape index (κ1) is 12.7. The molecule has 3 rings (SSSR count). The van der Waals surface area contributed by atoms with Crippen LogP contribution in [0.1, 0.15) is 10.4 Å². The number of aromatic nitrogens is 1. The van der Waals surface area contributed by atoms with Gasteiger partial charge in [-0.1, -0.05) is 18.2 Å². The molecule has 0 saturated heterocycles. The van der Waals surface area contributed by atoms with Crippen LogP contribution >= 0.6 is 11.3 Å². The highest BCUT2D eigenvalue weighted by molar-refractivity contribution is 7.21.